The Labute approximate surface area is 212 Å². The van der Waals surface area contributed by atoms with Crippen molar-refractivity contribution in [2.75, 3.05) is 5.32 Å². The van der Waals surface area contributed by atoms with Gasteiger partial charge in [0.15, 0.2) is 5.50 Å². The first-order valence-electron chi connectivity index (χ1n) is 12.5. The van der Waals surface area contributed by atoms with E-state index in [1.807, 2.05) is 66.7 Å². The average molecular weight is 485 g/mol. The predicted octanol–water partition coefficient (Wildman–Crippen LogP) is 7.16. The number of hydrogen-bond donors (Lipinski definition) is 1. The molecule has 3 aromatic carbocycles. The van der Waals surface area contributed by atoms with Gasteiger partial charge in [0, 0.05) is 11.7 Å². The van der Waals surface area contributed by atoms with Gasteiger partial charge in [-0.3, -0.25) is 4.79 Å². The monoisotopic (exact) mass is 484 g/mol. The van der Waals surface area contributed by atoms with Gasteiger partial charge in [-0.1, -0.05) is 92.2 Å². The lowest BCUT2D eigenvalue weighted by molar-refractivity contribution is -0.129. The molecule has 1 saturated heterocycles. The average Bonchev–Trinajstić information content (AvgIpc) is 3.19. The first kappa shape index (κ1) is 23.6. The van der Waals surface area contributed by atoms with E-state index in [9.17, 15) is 4.79 Å². The standard InChI is InChI=1S/C30H32N2O2S/c1-22-10-8-9-15-27(22)32-29(33)28(35-30(32)31-25-13-6-3-7-14-25)20-23-16-18-26(19-17-23)34-21-24-11-4-2-5-12-24/h2-7,11-14,16-20,22,27,30-31H,8-10,15,21H2,1H3/b28-20-/t22-,27-,30?/m0/s1. The first-order chi connectivity index (χ1) is 17.2. The van der Waals surface area contributed by atoms with Crippen molar-refractivity contribution in [3.05, 3.63) is 101 Å². The number of nitrogens with zero attached hydrogens (tertiary/aromatic N) is 1. The molecule has 2 aliphatic rings. The van der Waals surface area contributed by atoms with E-state index < -0.39 is 0 Å². The molecule has 1 saturated carbocycles. The number of hydrogen-bond acceptors (Lipinski definition) is 4. The Bertz CT molecular complexity index is 1150. The third kappa shape index (κ3) is 5.73. The van der Waals surface area contributed by atoms with Gasteiger partial charge in [-0.25, -0.2) is 0 Å². The normalized spacial score (nSPS) is 23.5. The highest BCUT2D eigenvalue weighted by molar-refractivity contribution is 8.05. The zero-order chi connectivity index (χ0) is 24.0. The van der Waals surface area contributed by atoms with Crippen LogP contribution in [0.25, 0.3) is 6.08 Å². The van der Waals surface area contributed by atoms with Gasteiger partial charge < -0.3 is 15.0 Å². The van der Waals surface area contributed by atoms with Gasteiger partial charge in [-0.15, -0.1) is 0 Å². The Morgan fingerprint density at radius 3 is 2.34 bits per heavy atom. The van der Waals surface area contributed by atoms with Crippen molar-refractivity contribution in [2.45, 2.75) is 50.8 Å². The molecule has 180 valence electrons. The van der Waals surface area contributed by atoms with Crippen molar-refractivity contribution in [2.24, 2.45) is 5.92 Å². The number of carbonyl (C=O) groups is 1. The molecule has 1 aliphatic carbocycles. The second kappa shape index (κ2) is 11.0. The molecule has 2 fully saturated rings. The molecule has 1 amide bonds. The Morgan fingerprint density at radius 2 is 1.63 bits per heavy atom. The van der Waals surface area contributed by atoms with Gasteiger partial charge in [-0.2, -0.15) is 0 Å². The summed E-state index contributed by atoms with van der Waals surface area (Å²) in [6, 6.07) is 28.6. The summed E-state index contributed by atoms with van der Waals surface area (Å²) in [4.78, 5) is 16.5. The number of nitrogens with one attached hydrogen (secondary N) is 1. The molecule has 0 aromatic heterocycles. The van der Waals surface area contributed by atoms with Crippen LogP contribution in [0.4, 0.5) is 5.69 Å². The molecule has 1 heterocycles. The molecular formula is C30H32N2O2S. The predicted molar refractivity (Wildman–Crippen MR) is 145 cm³/mol. The minimum Gasteiger partial charge on any atom is -0.489 e. The largest absolute Gasteiger partial charge is 0.489 e. The number of carbonyl (C=O) groups excluding carboxylic acids is 1. The lowest BCUT2D eigenvalue weighted by atomic mass is 9.85. The molecule has 1 N–H and O–H groups in total. The molecule has 3 atom stereocenters. The van der Waals surface area contributed by atoms with Gasteiger partial charge in [0.1, 0.15) is 12.4 Å². The maximum atomic E-state index is 13.7. The molecular weight excluding hydrogens is 452 g/mol. The number of para-hydroxylation sites is 1. The van der Waals surface area contributed by atoms with Crippen LogP contribution in [-0.2, 0) is 11.4 Å². The summed E-state index contributed by atoms with van der Waals surface area (Å²) < 4.78 is 5.92. The van der Waals surface area contributed by atoms with E-state index in [1.165, 1.54) is 19.3 Å². The van der Waals surface area contributed by atoms with Crippen molar-refractivity contribution in [1.29, 1.82) is 0 Å². The van der Waals surface area contributed by atoms with Gasteiger partial charge in [0.25, 0.3) is 5.91 Å². The van der Waals surface area contributed by atoms with Crippen molar-refractivity contribution < 1.29 is 9.53 Å². The zero-order valence-corrected chi connectivity index (χ0v) is 20.9. The first-order valence-corrected chi connectivity index (χ1v) is 13.3. The Kier molecular flexibility index (Phi) is 7.43. The van der Waals surface area contributed by atoms with Gasteiger partial charge >= 0.3 is 0 Å². The number of thioether (sulfide) groups is 1. The van der Waals surface area contributed by atoms with Gasteiger partial charge in [-0.05, 0) is 60.2 Å². The van der Waals surface area contributed by atoms with Crippen LogP contribution in [0.3, 0.4) is 0 Å². The van der Waals surface area contributed by atoms with E-state index >= 15 is 0 Å². The molecule has 0 bridgehead atoms. The van der Waals surface area contributed by atoms with Crippen LogP contribution in [0.5, 0.6) is 5.75 Å². The summed E-state index contributed by atoms with van der Waals surface area (Å²) in [5.41, 5.74) is 3.08. The van der Waals surface area contributed by atoms with Crippen LogP contribution < -0.4 is 10.1 Å². The van der Waals surface area contributed by atoms with Crippen LogP contribution in [0.1, 0.15) is 43.7 Å². The van der Waals surface area contributed by atoms with E-state index in [1.54, 1.807) is 11.8 Å². The fourth-order valence-corrected chi connectivity index (χ4v) is 6.13. The van der Waals surface area contributed by atoms with Crippen molar-refractivity contribution in [3.8, 4) is 5.75 Å². The summed E-state index contributed by atoms with van der Waals surface area (Å²) in [7, 11) is 0. The van der Waals surface area contributed by atoms with E-state index in [0.717, 1.165) is 33.9 Å². The Hall–Kier alpha value is -3.18. The number of rotatable bonds is 7. The molecule has 4 nitrogen and oxygen atoms in total. The van der Waals surface area contributed by atoms with Crippen LogP contribution in [-0.4, -0.2) is 22.3 Å². The van der Waals surface area contributed by atoms with Gasteiger partial charge in [0.05, 0.1) is 4.91 Å². The molecule has 1 unspecified atom stereocenters. The SMILES string of the molecule is C[C@H]1CCCC[C@@H]1N1C(=O)/C(=C/c2ccc(OCc3ccccc3)cc2)SC1Nc1ccccc1. The smallest absolute Gasteiger partial charge is 0.262 e. The van der Waals surface area contributed by atoms with Crippen molar-refractivity contribution >= 4 is 29.4 Å². The summed E-state index contributed by atoms with van der Waals surface area (Å²) in [5.74, 6) is 1.46. The van der Waals surface area contributed by atoms with Crippen LogP contribution >= 0.6 is 11.8 Å². The fraction of sp³-hybridized carbons (Fsp3) is 0.300. The topological polar surface area (TPSA) is 41.6 Å². The second-order valence-corrected chi connectivity index (χ2v) is 10.5. The van der Waals surface area contributed by atoms with Crippen molar-refractivity contribution in [3.63, 3.8) is 0 Å². The number of amides is 1. The number of anilines is 1. The van der Waals surface area contributed by atoms with Crippen LogP contribution in [0, 0.1) is 5.92 Å². The number of benzene rings is 3. The Morgan fingerprint density at radius 1 is 0.943 bits per heavy atom. The zero-order valence-electron chi connectivity index (χ0n) is 20.1. The summed E-state index contributed by atoms with van der Waals surface area (Å²) >= 11 is 1.62. The van der Waals surface area contributed by atoms with Crippen LogP contribution in [0.2, 0.25) is 0 Å². The second-order valence-electron chi connectivity index (χ2n) is 9.37. The summed E-state index contributed by atoms with van der Waals surface area (Å²) in [6.45, 7) is 2.83. The fourth-order valence-electron chi connectivity index (χ4n) is 4.92. The molecule has 35 heavy (non-hydrogen) atoms. The maximum absolute atomic E-state index is 13.7. The van der Waals surface area contributed by atoms with E-state index in [0.29, 0.717) is 12.5 Å². The van der Waals surface area contributed by atoms with Gasteiger partial charge in [0.2, 0.25) is 0 Å². The highest BCUT2D eigenvalue weighted by Crippen LogP contribution is 2.42. The summed E-state index contributed by atoms with van der Waals surface area (Å²) in [5, 5.41) is 3.60. The Balaban J connectivity index is 1.32. The van der Waals surface area contributed by atoms with E-state index in [2.05, 4.69) is 41.4 Å². The molecule has 5 rings (SSSR count). The van der Waals surface area contributed by atoms with E-state index in [-0.39, 0.29) is 17.4 Å². The molecule has 5 heteroatoms. The lowest BCUT2D eigenvalue weighted by Crippen LogP contribution is -2.48. The van der Waals surface area contributed by atoms with Crippen molar-refractivity contribution in [1.82, 2.24) is 4.90 Å². The molecule has 3 aromatic rings. The minimum absolute atomic E-state index is 0.102. The lowest BCUT2D eigenvalue weighted by Gasteiger charge is -2.39. The number of ether oxygens (including phenoxy) is 1. The molecule has 0 radical (unpaired) electrons. The third-order valence-corrected chi connectivity index (χ3v) is 7.96. The van der Waals surface area contributed by atoms with Crippen LogP contribution in [0.15, 0.2) is 89.8 Å². The quantitative estimate of drug-likeness (QED) is 0.361. The highest BCUT2D eigenvalue weighted by Gasteiger charge is 2.42. The minimum atomic E-state index is -0.102. The third-order valence-electron chi connectivity index (χ3n) is 6.85. The highest BCUT2D eigenvalue weighted by atomic mass is 32.2. The molecule has 1 aliphatic heterocycles. The summed E-state index contributed by atoms with van der Waals surface area (Å²) in [6.07, 6.45) is 6.71. The van der Waals surface area contributed by atoms with E-state index in [4.69, 9.17) is 4.74 Å². The molecule has 0 spiro atoms. The maximum Gasteiger partial charge on any atom is 0.262 e.